The molecule has 24 heavy (non-hydrogen) atoms. The normalized spacial score (nSPS) is 15.9. The highest BCUT2D eigenvalue weighted by Crippen LogP contribution is 2.27. The largest absolute Gasteiger partial charge is 0.340 e. The van der Waals surface area contributed by atoms with Gasteiger partial charge in [-0.15, -0.1) is 12.4 Å². The van der Waals surface area contributed by atoms with E-state index < -0.39 is 10.0 Å². The molecule has 2 rings (SSSR count). The van der Waals surface area contributed by atoms with Crippen LogP contribution in [-0.2, 0) is 14.8 Å². The Morgan fingerprint density at radius 1 is 1.12 bits per heavy atom. The Balaban J connectivity index is 0.00000288. The Bertz CT molecular complexity index is 677. The summed E-state index contributed by atoms with van der Waals surface area (Å²) in [4.78, 5) is 13.7. The predicted octanol–water partition coefficient (Wildman–Crippen LogP) is 1.99. The summed E-state index contributed by atoms with van der Waals surface area (Å²) in [7, 11) is -3.64. The minimum Gasteiger partial charge on any atom is -0.340 e. The van der Waals surface area contributed by atoms with Crippen LogP contribution in [0.2, 0.25) is 10.0 Å². The second-order valence-corrected chi connectivity index (χ2v) is 8.01. The van der Waals surface area contributed by atoms with Gasteiger partial charge in [-0.1, -0.05) is 23.2 Å². The molecule has 1 heterocycles. The highest BCUT2D eigenvalue weighted by Gasteiger charge is 2.30. The molecule has 0 atom stereocenters. The van der Waals surface area contributed by atoms with E-state index in [-0.39, 0.29) is 41.3 Å². The maximum Gasteiger partial charge on any atom is 0.243 e. The first-order chi connectivity index (χ1) is 10.9. The molecule has 0 saturated carbocycles. The topological polar surface area (TPSA) is 83.7 Å². The number of carbonyl (C=O) groups is 1. The minimum atomic E-state index is -3.64. The number of amides is 1. The van der Waals surface area contributed by atoms with Crippen molar-refractivity contribution in [3.8, 4) is 0 Å². The molecule has 0 spiro atoms. The highest BCUT2D eigenvalue weighted by atomic mass is 35.5. The molecule has 136 valence electrons. The van der Waals surface area contributed by atoms with E-state index in [9.17, 15) is 13.2 Å². The lowest BCUT2D eigenvalue weighted by atomic mass is 10.2. The van der Waals surface area contributed by atoms with E-state index in [4.69, 9.17) is 28.9 Å². The number of benzene rings is 1. The van der Waals surface area contributed by atoms with E-state index >= 15 is 0 Å². The van der Waals surface area contributed by atoms with Gasteiger partial charge in [-0.05, 0) is 31.2 Å². The smallest absolute Gasteiger partial charge is 0.243 e. The lowest BCUT2D eigenvalue weighted by Crippen LogP contribution is -2.50. The average molecular weight is 417 g/mol. The van der Waals surface area contributed by atoms with E-state index in [1.165, 1.54) is 22.5 Å². The summed E-state index contributed by atoms with van der Waals surface area (Å²) in [6, 6.07) is 4.24. The molecular formula is C14H20Cl3N3O3S. The third-order valence-corrected chi connectivity index (χ3v) is 6.35. The Kier molecular flexibility index (Phi) is 8.25. The van der Waals surface area contributed by atoms with Gasteiger partial charge in [0.1, 0.15) is 0 Å². The first-order valence-electron chi connectivity index (χ1n) is 7.29. The van der Waals surface area contributed by atoms with Crippen LogP contribution in [-0.4, -0.2) is 56.3 Å². The molecule has 1 aliphatic rings. The van der Waals surface area contributed by atoms with Crippen LogP contribution >= 0.6 is 35.6 Å². The van der Waals surface area contributed by atoms with Gasteiger partial charge in [0, 0.05) is 32.6 Å². The molecular weight excluding hydrogens is 397 g/mol. The van der Waals surface area contributed by atoms with Crippen LogP contribution in [0.3, 0.4) is 0 Å². The number of sulfonamides is 1. The second kappa shape index (κ2) is 9.22. The number of piperazine rings is 1. The Morgan fingerprint density at radius 3 is 2.29 bits per heavy atom. The molecule has 1 amide bonds. The molecule has 0 aromatic heterocycles. The third-order valence-electron chi connectivity index (χ3n) is 3.71. The van der Waals surface area contributed by atoms with E-state index in [0.717, 1.165) is 0 Å². The molecule has 1 fully saturated rings. The van der Waals surface area contributed by atoms with Crippen LogP contribution < -0.4 is 5.73 Å². The summed E-state index contributed by atoms with van der Waals surface area (Å²) < 4.78 is 26.6. The molecule has 0 unspecified atom stereocenters. The second-order valence-electron chi connectivity index (χ2n) is 5.25. The van der Waals surface area contributed by atoms with Gasteiger partial charge in [-0.25, -0.2) is 8.42 Å². The van der Waals surface area contributed by atoms with Gasteiger partial charge in [0.25, 0.3) is 0 Å². The third kappa shape index (κ3) is 4.97. The first-order valence-corrected chi connectivity index (χ1v) is 9.49. The van der Waals surface area contributed by atoms with Crippen LogP contribution in [0, 0.1) is 0 Å². The van der Waals surface area contributed by atoms with E-state index in [1.807, 2.05) is 0 Å². The lowest BCUT2D eigenvalue weighted by Gasteiger charge is -2.34. The summed E-state index contributed by atoms with van der Waals surface area (Å²) in [5.74, 6) is 0.0158. The molecule has 0 bridgehead atoms. The highest BCUT2D eigenvalue weighted by molar-refractivity contribution is 7.89. The van der Waals surface area contributed by atoms with Crippen molar-refractivity contribution in [2.45, 2.75) is 17.7 Å². The maximum absolute atomic E-state index is 12.6. The van der Waals surface area contributed by atoms with Crippen molar-refractivity contribution in [1.82, 2.24) is 9.21 Å². The fourth-order valence-corrected chi connectivity index (χ4v) is 4.19. The van der Waals surface area contributed by atoms with Crippen molar-refractivity contribution in [2.75, 3.05) is 32.7 Å². The summed E-state index contributed by atoms with van der Waals surface area (Å²) in [6.07, 6.45) is 1.04. The molecule has 0 radical (unpaired) electrons. The summed E-state index contributed by atoms with van der Waals surface area (Å²) in [5, 5.41) is 0.504. The van der Waals surface area contributed by atoms with Crippen molar-refractivity contribution in [2.24, 2.45) is 5.73 Å². The van der Waals surface area contributed by atoms with Crippen LogP contribution in [0.1, 0.15) is 12.8 Å². The van der Waals surface area contributed by atoms with E-state index in [1.54, 1.807) is 4.90 Å². The number of rotatable bonds is 5. The maximum atomic E-state index is 12.6. The number of carbonyl (C=O) groups excluding carboxylic acids is 1. The fraction of sp³-hybridized carbons (Fsp3) is 0.500. The van der Waals surface area contributed by atoms with E-state index in [2.05, 4.69) is 0 Å². The molecule has 0 aliphatic carbocycles. The van der Waals surface area contributed by atoms with Crippen molar-refractivity contribution in [1.29, 1.82) is 0 Å². The van der Waals surface area contributed by atoms with Crippen molar-refractivity contribution in [3.63, 3.8) is 0 Å². The van der Waals surface area contributed by atoms with Gasteiger partial charge >= 0.3 is 0 Å². The summed E-state index contributed by atoms with van der Waals surface area (Å²) in [6.45, 7) is 1.75. The molecule has 1 aliphatic heterocycles. The van der Waals surface area contributed by atoms with Gasteiger partial charge in [-0.2, -0.15) is 4.31 Å². The van der Waals surface area contributed by atoms with Crippen molar-refractivity contribution >= 4 is 51.5 Å². The van der Waals surface area contributed by atoms with E-state index in [0.29, 0.717) is 37.5 Å². The zero-order chi connectivity index (χ0) is 17.0. The molecule has 1 aromatic rings. The quantitative estimate of drug-likeness (QED) is 0.795. The van der Waals surface area contributed by atoms with Gasteiger partial charge in [0.2, 0.25) is 15.9 Å². The summed E-state index contributed by atoms with van der Waals surface area (Å²) in [5.41, 5.74) is 5.39. The van der Waals surface area contributed by atoms with Gasteiger partial charge in [0.05, 0.1) is 14.9 Å². The van der Waals surface area contributed by atoms with Crippen LogP contribution in [0.4, 0.5) is 0 Å². The average Bonchev–Trinajstić information content (AvgIpc) is 2.55. The van der Waals surface area contributed by atoms with Gasteiger partial charge in [-0.3, -0.25) is 4.79 Å². The van der Waals surface area contributed by atoms with Gasteiger partial charge in [0.15, 0.2) is 0 Å². The van der Waals surface area contributed by atoms with Crippen molar-refractivity contribution in [3.05, 3.63) is 28.2 Å². The minimum absolute atomic E-state index is 0. The standard InChI is InChI=1S/C14H19Cl2N3O3S.ClH/c15-12-4-3-11(10-13(12)16)23(21,22)19-8-6-18(7-9-19)14(20)2-1-5-17;/h3-4,10H,1-2,5-9,17H2;1H. The predicted molar refractivity (Wildman–Crippen MR) is 97.3 cm³/mol. The summed E-state index contributed by atoms with van der Waals surface area (Å²) >= 11 is 11.7. The Hall–Kier alpha value is -0.570. The zero-order valence-corrected chi connectivity index (χ0v) is 16.1. The molecule has 1 aromatic carbocycles. The number of nitrogens with zero attached hydrogens (tertiary/aromatic N) is 2. The number of halogens is 3. The molecule has 2 N–H and O–H groups in total. The zero-order valence-electron chi connectivity index (χ0n) is 13.0. The number of hydrogen-bond donors (Lipinski definition) is 1. The lowest BCUT2D eigenvalue weighted by molar-refractivity contribution is -0.132. The van der Waals surface area contributed by atoms with Crippen LogP contribution in [0.15, 0.2) is 23.1 Å². The van der Waals surface area contributed by atoms with Gasteiger partial charge < -0.3 is 10.6 Å². The first kappa shape index (κ1) is 21.5. The Morgan fingerprint density at radius 2 is 1.75 bits per heavy atom. The SMILES string of the molecule is Cl.NCCCC(=O)N1CCN(S(=O)(=O)c2ccc(Cl)c(Cl)c2)CC1. The Labute approximate surface area is 158 Å². The van der Waals surface area contributed by atoms with Crippen LogP contribution in [0.25, 0.3) is 0 Å². The van der Waals surface area contributed by atoms with Crippen molar-refractivity contribution < 1.29 is 13.2 Å². The fourth-order valence-electron chi connectivity index (χ4n) is 2.38. The molecule has 1 saturated heterocycles. The molecule has 6 nitrogen and oxygen atoms in total. The van der Waals surface area contributed by atoms with Crippen LogP contribution in [0.5, 0.6) is 0 Å². The number of hydrogen-bond acceptors (Lipinski definition) is 4. The monoisotopic (exact) mass is 415 g/mol. The number of nitrogens with two attached hydrogens (primary N) is 1. The molecule has 10 heteroatoms.